The van der Waals surface area contributed by atoms with E-state index in [1.165, 1.54) is 24.8 Å². The second-order valence-electron chi connectivity index (χ2n) is 12.8. The van der Waals surface area contributed by atoms with Crippen LogP contribution in [0.15, 0.2) is 11.6 Å². The van der Waals surface area contributed by atoms with Gasteiger partial charge in [-0.15, -0.1) is 0 Å². The summed E-state index contributed by atoms with van der Waals surface area (Å²) in [5, 5.41) is 21.6. The van der Waals surface area contributed by atoms with Crippen molar-refractivity contribution in [1.29, 1.82) is 0 Å². The molecule has 4 heteroatoms. The van der Waals surface area contributed by atoms with Crippen molar-refractivity contribution in [2.24, 2.45) is 46.3 Å². The minimum absolute atomic E-state index is 0.151. The lowest BCUT2D eigenvalue weighted by molar-refractivity contribution is -0.273. The molecule has 5 fully saturated rings. The van der Waals surface area contributed by atoms with Gasteiger partial charge in [-0.1, -0.05) is 39.3 Å². The Bertz CT molecular complexity index is 769. The van der Waals surface area contributed by atoms with E-state index in [9.17, 15) is 10.2 Å². The lowest BCUT2D eigenvalue weighted by Crippen LogP contribution is -2.55. The fraction of sp³-hybridized carbons (Fsp3) is 0.926. The molecule has 174 valence electrons. The van der Waals surface area contributed by atoms with Gasteiger partial charge in [-0.05, 0) is 85.4 Å². The summed E-state index contributed by atoms with van der Waals surface area (Å²) in [6.45, 7) is 10.4. The van der Waals surface area contributed by atoms with Gasteiger partial charge in [-0.25, -0.2) is 0 Å². The second kappa shape index (κ2) is 6.81. The van der Waals surface area contributed by atoms with Crippen LogP contribution in [0.25, 0.3) is 0 Å². The number of ether oxygens (including phenoxy) is 2. The van der Waals surface area contributed by atoms with E-state index in [-0.39, 0.29) is 34.9 Å². The fourth-order valence-electron chi connectivity index (χ4n) is 9.65. The number of aliphatic hydroxyl groups is 2. The van der Waals surface area contributed by atoms with Crippen molar-refractivity contribution in [3.8, 4) is 0 Å². The predicted molar refractivity (Wildman–Crippen MR) is 119 cm³/mol. The van der Waals surface area contributed by atoms with Gasteiger partial charge in [-0.3, -0.25) is 0 Å². The zero-order valence-corrected chi connectivity index (χ0v) is 19.8. The molecule has 4 aliphatic carbocycles. The lowest BCUT2D eigenvalue weighted by Gasteiger charge is -2.59. The van der Waals surface area contributed by atoms with Gasteiger partial charge in [-0.2, -0.15) is 0 Å². The minimum atomic E-state index is -0.377. The summed E-state index contributed by atoms with van der Waals surface area (Å²) >= 11 is 0. The van der Waals surface area contributed by atoms with Crippen LogP contribution in [-0.2, 0) is 9.47 Å². The first-order valence-electron chi connectivity index (χ1n) is 13.1. The first kappa shape index (κ1) is 21.1. The zero-order chi connectivity index (χ0) is 21.8. The predicted octanol–water partition coefficient (Wildman–Crippen LogP) is 4.68. The maximum atomic E-state index is 11.4. The molecule has 2 N–H and O–H groups in total. The molecule has 0 aromatic heterocycles. The molecule has 6 rings (SSSR count). The highest BCUT2D eigenvalue weighted by molar-refractivity contribution is 5.28. The summed E-state index contributed by atoms with van der Waals surface area (Å²) < 4.78 is 13.3. The van der Waals surface area contributed by atoms with Crippen LogP contribution in [0.5, 0.6) is 0 Å². The first-order valence-corrected chi connectivity index (χ1v) is 13.1. The molecule has 0 bridgehead atoms. The molecular weight excluding hydrogens is 388 g/mol. The SMILES string of the molecule is C[C@@H]1CC[C@@]2(OC1)O[C@H]1C[C@H]3[C@@H]4[C@H](O)C=C5C[C@@H](O)CC[C@]5(C)[C@H]4CC[C@]3(C)[C@H]1[C@@H]2C. The molecule has 0 aromatic rings. The molecule has 6 aliphatic rings. The summed E-state index contributed by atoms with van der Waals surface area (Å²) in [5.41, 5.74) is 1.70. The number of fused-ring (bicyclic) bond motifs is 7. The van der Waals surface area contributed by atoms with Crippen LogP contribution in [0.3, 0.4) is 0 Å². The normalized spacial score (nSPS) is 60.7. The third-order valence-corrected chi connectivity index (χ3v) is 11.4. The van der Waals surface area contributed by atoms with Gasteiger partial charge in [0.05, 0.1) is 24.9 Å². The highest BCUT2D eigenvalue weighted by Crippen LogP contribution is 2.70. The Morgan fingerprint density at radius 2 is 1.81 bits per heavy atom. The molecule has 0 amide bonds. The van der Waals surface area contributed by atoms with E-state index in [0.29, 0.717) is 35.5 Å². The Kier molecular flexibility index (Phi) is 4.64. The molecule has 0 radical (unpaired) electrons. The van der Waals surface area contributed by atoms with Gasteiger partial charge in [0.15, 0.2) is 5.79 Å². The van der Waals surface area contributed by atoms with Crippen molar-refractivity contribution in [1.82, 2.24) is 0 Å². The molecule has 1 spiro atoms. The van der Waals surface area contributed by atoms with Crippen LogP contribution in [0.2, 0.25) is 0 Å². The maximum Gasteiger partial charge on any atom is 0.171 e. The molecule has 0 aromatic carbocycles. The molecule has 31 heavy (non-hydrogen) atoms. The number of aliphatic hydroxyl groups excluding tert-OH is 2. The Labute approximate surface area is 187 Å². The van der Waals surface area contributed by atoms with Gasteiger partial charge in [0, 0.05) is 12.3 Å². The van der Waals surface area contributed by atoms with Crippen molar-refractivity contribution in [2.75, 3.05) is 6.61 Å². The Morgan fingerprint density at radius 3 is 2.55 bits per heavy atom. The van der Waals surface area contributed by atoms with Gasteiger partial charge >= 0.3 is 0 Å². The quantitative estimate of drug-likeness (QED) is 0.548. The number of rotatable bonds is 0. The largest absolute Gasteiger partial charge is 0.393 e. The molecule has 3 saturated carbocycles. The molecule has 2 aliphatic heterocycles. The van der Waals surface area contributed by atoms with E-state index in [4.69, 9.17) is 9.47 Å². The van der Waals surface area contributed by atoms with Crippen molar-refractivity contribution in [3.63, 3.8) is 0 Å². The molecule has 2 heterocycles. The summed E-state index contributed by atoms with van der Waals surface area (Å²) in [6, 6.07) is 0. The van der Waals surface area contributed by atoms with Crippen LogP contribution in [-0.4, -0.2) is 40.9 Å². The van der Waals surface area contributed by atoms with Crippen molar-refractivity contribution in [2.45, 2.75) is 103 Å². The van der Waals surface area contributed by atoms with E-state index in [1.54, 1.807) is 0 Å². The zero-order valence-electron chi connectivity index (χ0n) is 19.8. The average Bonchev–Trinajstić information content (AvgIpc) is 3.16. The third kappa shape index (κ3) is 2.74. The molecular formula is C27H42O4. The summed E-state index contributed by atoms with van der Waals surface area (Å²) in [6.07, 6.45) is 10.3. The Balaban J connectivity index is 1.31. The van der Waals surface area contributed by atoms with Gasteiger partial charge in [0.2, 0.25) is 0 Å². The lowest BCUT2D eigenvalue weighted by atomic mass is 9.46. The van der Waals surface area contributed by atoms with E-state index < -0.39 is 0 Å². The van der Waals surface area contributed by atoms with Crippen molar-refractivity contribution >= 4 is 0 Å². The highest BCUT2D eigenvalue weighted by atomic mass is 16.7. The Morgan fingerprint density at radius 1 is 1.00 bits per heavy atom. The summed E-state index contributed by atoms with van der Waals surface area (Å²) in [4.78, 5) is 0. The van der Waals surface area contributed by atoms with Crippen LogP contribution >= 0.6 is 0 Å². The fourth-order valence-corrected chi connectivity index (χ4v) is 9.65. The van der Waals surface area contributed by atoms with E-state index >= 15 is 0 Å². The van der Waals surface area contributed by atoms with E-state index in [1.807, 2.05) is 0 Å². The summed E-state index contributed by atoms with van der Waals surface area (Å²) in [5.74, 6) is 2.59. The van der Waals surface area contributed by atoms with Crippen molar-refractivity contribution < 1.29 is 19.7 Å². The molecule has 0 unspecified atom stereocenters. The van der Waals surface area contributed by atoms with Crippen LogP contribution < -0.4 is 0 Å². The smallest absolute Gasteiger partial charge is 0.171 e. The average molecular weight is 431 g/mol. The van der Waals surface area contributed by atoms with Crippen molar-refractivity contribution in [3.05, 3.63) is 11.6 Å². The summed E-state index contributed by atoms with van der Waals surface area (Å²) in [7, 11) is 0. The van der Waals surface area contributed by atoms with Gasteiger partial charge in [0.25, 0.3) is 0 Å². The van der Waals surface area contributed by atoms with E-state index in [0.717, 1.165) is 38.7 Å². The molecule has 12 atom stereocenters. The van der Waals surface area contributed by atoms with Crippen LogP contribution in [0.4, 0.5) is 0 Å². The minimum Gasteiger partial charge on any atom is -0.393 e. The van der Waals surface area contributed by atoms with Crippen LogP contribution in [0, 0.1) is 46.3 Å². The highest BCUT2D eigenvalue weighted by Gasteiger charge is 2.69. The van der Waals surface area contributed by atoms with Gasteiger partial charge < -0.3 is 19.7 Å². The Hall–Kier alpha value is -0.420. The molecule has 4 nitrogen and oxygen atoms in total. The van der Waals surface area contributed by atoms with E-state index in [2.05, 4.69) is 33.8 Å². The monoisotopic (exact) mass is 430 g/mol. The van der Waals surface area contributed by atoms with Gasteiger partial charge in [0.1, 0.15) is 0 Å². The first-order chi connectivity index (χ1) is 14.7. The van der Waals surface area contributed by atoms with Crippen LogP contribution in [0.1, 0.15) is 79.1 Å². The standard InChI is InChI=1S/C27H42O4/c1-15-5-10-27(30-14-15)16(2)24-22(31-27)13-20-23-19(7-9-26(20,24)4)25(3)8-6-18(28)11-17(25)12-21(23)29/h12,15-16,18-24,28-29H,5-11,13-14H2,1-4H3/t15-,16+,18+,19+,20+,21-,22+,23-,24+,25+,26+,27-/m1/s1. The number of hydrogen-bond acceptors (Lipinski definition) is 4. The molecule has 2 saturated heterocycles. The number of hydrogen-bond donors (Lipinski definition) is 2. The maximum absolute atomic E-state index is 11.4. The second-order valence-corrected chi connectivity index (χ2v) is 12.8. The topological polar surface area (TPSA) is 58.9 Å². The third-order valence-electron chi connectivity index (χ3n) is 11.4.